The van der Waals surface area contributed by atoms with Crippen molar-refractivity contribution in [2.45, 2.75) is 43.7 Å². The van der Waals surface area contributed by atoms with Gasteiger partial charge in [-0.2, -0.15) is 0 Å². The Bertz CT molecular complexity index is 1020. The average Bonchev–Trinajstić information content (AvgIpc) is 3.60. The molecule has 8 nitrogen and oxygen atoms in total. The summed E-state index contributed by atoms with van der Waals surface area (Å²) in [5, 5.41) is 23.4. The zero-order valence-electron chi connectivity index (χ0n) is 18.4. The third-order valence-electron chi connectivity index (χ3n) is 6.52. The maximum Gasteiger partial charge on any atom is 0.407 e. The van der Waals surface area contributed by atoms with E-state index in [0.29, 0.717) is 0 Å². The van der Waals surface area contributed by atoms with Gasteiger partial charge in [0, 0.05) is 12.3 Å². The summed E-state index contributed by atoms with van der Waals surface area (Å²) in [6, 6.07) is 16.2. The van der Waals surface area contributed by atoms with Crippen LogP contribution in [-0.4, -0.2) is 53.0 Å². The van der Waals surface area contributed by atoms with E-state index < -0.39 is 29.6 Å². The van der Waals surface area contributed by atoms with Gasteiger partial charge in [0.25, 0.3) is 0 Å². The fraction of sp³-hybridized carbons (Fsp3) is 0.400. The van der Waals surface area contributed by atoms with Crippen molar-refractivity contribution in [2.24, 2.45) is 5.92 Å². The van der Waals surface area contributed by atoms with E-state index in [1.165, 1.54) is 0 Å². The number of carboxylic acid groups (broad SMARTS) is 1. The van der Waals surface area contributed by atoms with E-state index in [1.54, 1.807) is 6.92 Å². The highest BCUT2D eigenvalue weighted by Crippen LogP contribution is 2.45. The molecule has 1 saturated carbocycles. The van der Waals surface area contributed by atoms with Crippen LogP contribution in [0.2, 0.25) is 0 Å². The lowest BCUT2D eigenvalue weighted by molar-refractivity contribution is -0.146. The Balaban J connectivity index is 1.37. The summed E-state index contributed by atoms with van der Waals surface area (Å²) in [7, 11) is 0. The monoisotopic (exact) mass is 452 g/mol. The van der Waals surface area contributed by atoms with E-state index in [2.05, 4.69) is 22.8 Å². The standard InChI is InChI=1S/C25H28N2O6/c1-25(15-10-11-15,12-22(29)26-13-21(28)23(30)31)27-24(32)33-14-20-18-8-4-2-6-16(18)17-7-3-5-9-19(17)20/h2-9,15,20-21,28H,10-14H2,1H3,(H,26,29)(H,27,32)(H,30,31). The van der Waals surface area contributed by atoms with Gasteiger partial charge in [-0.15, -0.1) is 0 Å². The first-order valence-corrected chi connectivity index (χ1v) is 11.1. The zero-order chi connectivity index (χ0) is 23.6. The predicted molar refractivity (Wildman–Crippen MR) is 121 cm³/mol. The van der Waals surface area contributed by atoms with Crippen molar-refractivity contribution in [1.29, 1.82) is 0 Å². The number of carboxylic acids is 1. The molecule has 0 saturated heterocycles. The Morgan fingerprint density at radius 1 is 1.06 bits per heavy atom. The Morgan fingerprint density at radius 2 is 1.64 bits per heavy atom. The van der Waals surface area contributed by atoms with Gasteiger partial charge in [0.2, 0.25) is 5.91 Å². The molecule has 2 aromatic rings. The van der Waals surface area contributed by atoms with E-state index in [4.69, 9.17) is 9.84 Å². The molecule has 4 rings (SSSR count). The number of aliphatic hydroxyl groups excluding tert-OH is 1. The number of aliphatic carboxylic acids is 1. The maximum atomic E-state index is 12.7. The van der Waals surface area contributed by atoms with Gasteiger partial charge in [0.15, 0.2) is 6.10 Å². The van der Waals surface area contributed by atoms with Crippen LogP contribution in [0.25, 0.3) is 11.1 Å². The molecule has 0 aliphatic heterocycles. The molecule has 0 aromatic heterocycles. The minimum Gasteiger partial charge on any atom is -0.479 e. The van der Waals surface area contributed by atoms with Crippen molar-refractivity contribution in [3.63, 3.8) is 0 Å². The summed E-state index contributed by atoms with van der Waals surface area (Å²) >= 11 is 0. The summed E-state index contributed by atoms with van der Waals surface area (Å²) in [4.78, 5) is 35.8. The van der Waals surface area contributed by atoms with Crippen molar-refractivity contribution < 1.29 is 29.3 Å². The molecule has 0 bridgehead atoms. The van der Waals surface area contributed by atoms with Crippen molar-refractivity contribution in [3.05, 3.63) is 59.7 Å². The first-order valence-electron chi connectivity index (χ1n) is 11.1. The molecule has 2 unspecified atom stereocenters. The van der Waals surface area contributed by atoms with E-state index in [0.717, 1.165) is 35.1 Å². The van der Waals surface area contributed by atoms with Gasteiger partial charge in [0.1, 0.15) is 6.61 Å². The van der Waals surface area contributed by atoms with Gasteiger partial charge in [-0.25, -0.2) is 9.59 Å². The van der Waals surface area contributed by atoms with Gasteiger partial charge in [-0.05, 0) is 47.9 Å². The highest BCUT2D eigenvalue weighted by Gasteiger charge is 2.44. The summed E-state index contributed by atoms with van der Waals surface area (Å²) < 4.78 is 5.63. The third kappa shape index (κ3) is 5.01. The zero-order valence-corrected chi connectivity index (χ0v) is 18.4. The van der Waals surface area contributed by atoms with E-state index in [-0.39, 0.29) is 31.4 Å². The molecule has 0 spiro atoms. The predicted octanol–water partition coefficient (Wildman–Crippen LogP) is 2.65. The summed E-state index contributed by atoms with van der Waals surface area (Å²) in [5.74, 6) is -1.77. The smallest absolute Gasteiger partial charge is 0.407 e. The number of ether oxygens (including phenoxy) is 1. The van der Waals surface area contributed by atoms with Crippen LogP contribution in [0, 0.1) is 5.92 Å². The van der Waals surface area contributed by atoms with Crippen LogP contribution in [0.3, 0.4) is 0 Å². The number of benzene rings is 2. The SMILES string of the molecule is CC(CC(=O)NCC(O)C(=O)O)(NC(=O)OCC1c2ccccc2-c2ccccc21)C1CC1. The van der Waals surface area contributed by atoms with Gasteiger partial charge in [-0.1, -0.05) is 48.5 Å². The van der Waals surface area contributed by atoms with E-state index >= 15 is 0 Å². The first-order chi connectivity index (χ1) is 15.8. The Hall–Kier alpha value is -3.39. The molecule has 2 aliphatic rings. The van der Waals surface area contributed by atoms with Gasteiger partial charge >= 0.3 is 12.1 Å². The molecular formula is C25H28N2O6. The number of hydrogen-bond acceptors (Lipinski definition) is 5. The minimum atomic E-state index is -1.67. The van der Waals surface area contributed by atoms with Crippen LogP contribution in [-0.2, 0) is 14.3 Å². The van der Waals surface area contributed by atoms with E-state index in [9.17, 15) is 19.5 Å². The quantitative estimate of drug-likeness (QED) is 0.464. The van der Waals surface area contributed by atoms with Crippen molar-refractivity contribution >= 4 is 18.0 Å². The minimum absolute atomic E-state index is 0.0335. The first kappa shape index (κ1) is 22.8. The second kappa shape index (κ2) is 9.23. The molecule has 8 heteroatoms. The number of carbonyl (C=O) groups is 3. The summed E-state index contributed by atoms with van der Waals surface area (Å²) in [5.41, 5.74) is 3.71. The topological polar surface area (TPSA) is 125 Å². The van der Waals surface area contributed by atoms with Crippen molar-refractivity contribution in [3.8, 4) is 11.1 Å². The highest BCUT2D eigenvalue weighted by atomic mass is 16.5. The molecule has 4 N–H and O–H groups in total. The summed E-state index contributed by atoms with van der Waals surface area (Å²) in [6.07, 6.45) is -0.536. The molecule has 2 atom stereocenters. The molecule has 2 aromatic carbocycles. The number of nitrogens with one attached hydrogen (secondary N) is 2. The fourth-order valence-electron chi connectivity index (χ4n) is 4.57. The lowest BCUT2D eigenvalue weighted by atomic mass is 9.91. The maximum absolute atomic E-state index is 12.7. The van der Waals surface area contributed by atoms with Crippen LogP contribution >= 0.6 is 0 Å². The van der Waals surface area contributed by atoms with Crippen molar-refractivity contribution in [2.75, 3.05) is 13.2 Å². The Labute approximate surface area is 192 Å². The van der Waals surface area contributed by atoms with Crippen LogP contribution in [0.1, 0.15) is 43.2 Å². The number of aliphatic hydroxyl groups is 1. The molecule has 1 fully saturated rings. The molecule has 0 heterocycles. The molecule has 0 radical (unpaired) electrons. The molecule has 2 amide bonds. The van der Waals surface area contributed by atoms with Crippen LogP contribution in [0.15, 0.2) is 48.5 Å². The second-order valence-electron chi connectivity index (χ2n) is 8.98. The lowest BCUT2D eigenvalue weighted by Gasteiger charge is -2.30. The largest absolute Gasteiger partial charge is 0.479 e. The third-order valence-corrected chi connectivity index (χ3v) is 6.52. The molecular weight excluding hydrogens is 424 g/mol. The highest BCUT2D eigenvalue weighted by molar-refractivity contribution is 5.81. The van der Waals surface area contributed by atoms with Gasteiger partial charge in [-0.3, -0.25) is 4.79 Å². The van der Waals surface area contributed by atoms with Gasteiger partial charge < -0.3 is 25.6 Å². The Morgan fingerprint density at radius 3 is 2.18 bits per heavy atom. The van der Waals surface area contributed by atoms with Crippen LogP contribution < -0.4 is 10.6 Å². The second-order valence-corrected chi connectivity index (χ2v) is 8.98. The lowest BCUT2D eigenvalue weighted by Crippen LogP contribution is -2.51. The number of rotatable bonds is 9. The average molecular weight is 453 g/mol. The molecule has 174 valence electrons. The van der Waals surface area contributed by atoms with E-state index in [1.807, 2.05) is 36.4 Å². The van der Waals surface area contributed by atoms with Crippen LogP contribution in [0.5, 0.6) is 0 Å². The van der Waals surface area contributed by atoms with Gasteiger partial charge in [0.05, 0.1) is 12.1 Å². The normalized spacial score (nSPS) is 17.3. The van der Waals surface area contributed by atoms with Crippen LogP contribution in [0.4, 0.5) is 4.79 Å². The fourth-order valence-corrected chi connectivity index (χ4v) is 4.57. The number of fused-ring (bicyclic) bond motifs is 3. The Kier molecular flexibility index (Phi) is 6.37. The molecule has 33 heavy (non-hydrogen) atoms. The number of alkyl carbamates (subject to hydrolysis) is 1. The number of amides is 2. The summed E-state index contributed by atoms with van der Waals surface area (Å²) in [6.45, 7) is 1.58. The van der Waals surface area contributed by atoms with Crippen molar-refractivity contribution in [1.82, 2.24) is 10.6 Å². The number of carbonyl (C=O) groups excluding carboxylic acids is 2. The number of hydrogen-bond donors (Lipinski definition) is 4. The molecule has 2 aliphatic carbocycles.